The van der Waals surface area contributed by atoms with E-state index in [1.54, 1.807) is 12.1 Å². The number of aldehydes is 1. The number of rotatable bonds is 6. The first-order valence-corrected chi connectivity index (χ1v) is 8.13. The Kier molecular flexibility index (Phi) is 4.85. The molecule has 0 aliphatic carbocycles. The Balaban J connectivity index is 1.74. The average Bonchev–Trinajstić information content (AvgIpc) is 3.21. The van der Waals surface area contributed by atoms with Gasteiger partial charge in [-0.25, -0.2) is 0 Å². The molecule has 0 radical (unpaired) electrons. The summed E-state index contributed by atoms with van der Waals surface area (Å²) in [6.45, 7) is 5.84. The van der Waals surface area contributed by atoms with Crippen LogP contribution in [-0.4, -0.2) is 41.0 Å². The maximum absolute atomic E-state index is 11.1. The van der Waals surface area contributed by atoms with Crippen LogP contribution in [0.4, 0.5) is 0 Å². The quantitative estimate of drug-likeness (QED) is 0.825. The summed E-state index contributed by atoms with van der Waals surface area (Å²) in [5.74, 6) is 0.695. The number of hydrogen-bond donors (Lipinski definition) is 1. The number of carbonyl (C=O) groups excluding carboxylic acids is 1. The highest BCUT2D eigenvalue weighted by Gasteiger charge is 2.33. The molecule has 3 rings (SSSR count). The third-order valence-electron chi connectivity index (χ3n) is 4.38. The van der Waals surface area contributed by atoms with Gasteiger partial charge in [0.05, 0.1) is 25.4 Å². The fourth-order valence-corrected chi connectivity index (χ4v) is 3.11. The van der Waals surface area contributed by atoms with Crippen molar-refractivity contribution in [3.05, 3.63) is 41.7 Å². The molecule has 2 atom stereocenters. The Hall–Kier alpha value is -2.34. The van der Waals surface area contributed by atoms with Gasteiger partial charge in [0.1, 0.15) is 11.5 Å². The van der Waals surface area contributed by atoms with Gasteiger partial charge in [0.25, 0.3) is 0 Å². The first-order chi connectivity index (χ1) is 11.6. The van der Waals surface area contributed by atoms with Gasteiger partial charge in [0.2, 0.25) is 0 Å². The van der Waals surface area contributed by atoms with Crippen LogP contribution in [-0.2, 0) is 4.74 Å². The van der Waals surface area contributed by atoms with Gasteiger partial charge < -0.3 is 14.6 Å². The van der Waals surface area contributed by atoms with Gasteiger partial charge in [-0.05, 0) is 32.0 Å². The zero-order chi connectivity index (χ0) is 17.1. The summed E-state index contributed by atoms with van der Waals surface area (Å²) in [4.78, 5) is 11.1. The minimum absolute atomic E-state index is 0.0698. The van der Waals surface area contributed by atoms with Gasteiger partial charge in [-0.3, -0.25) is 9.48 Å². The zero-order valence-corrected chi connectivity index (χ0v) is 13.9. The molecule has 2 heterocycles. The summed E-state index contributed by atoms with van der Waals surface area (Å²) in [6.07, 6.45) is 2.42. The second kappa shape index (κ2) is 7.05. The van der Waals surface area contributed by atoms with E-state index in [1.165, 1.54) is 6.07 Å². The lowest BCUT2D eigenvalue weighted by molar-refractivity contribution is 0.111. The van der Waals surface area contributed by atoms with Gasteiger partial charge in [0, 0.05) is 29.8 Å². The van der Waals surface area contributed by atoms with Crippen LogP contribution in [0, 0.1) is 5.92 Å². The maximum Gasteiger partial charge on any atom is 0.157 e. The second-order valence-electron chi connectivity index (χ2n) is 6.32. The van der Waals surface area contributed by atoms with E-state index in [4.69, 9.17) is 9.47 Å². The molecule has 2 aromatic rings. The molecule has 1 aromatic heterocycles. The van der Waals surface area contributed by atoms with Crippen LogP contribution < -0.4 is 4.74 Å². The van der Waals surface area contributed by atoms with Crippen LogP contribution in [0.5, 0.6) is 11.5 Å². The van der Waals surface area contributed by atoms with Crippen LogP contribution in [0.2, 0.25) is 0 Å². The highest BCUT2D eigenvalue weighted by atomic mass is 16.5. The van der Waals surface area contributed by atoms with Crippen molar-refractivity contribution in [1.29, 1.82) is 0 Å². The predicted octanol–water partition coefficient (Wildman–Crippen LogP) is 2.79. The smallest absolute Gasteiger partial charge is 0.157 e. The Bertz CT molecular complexity index is 711. The van der Waals surface area contributed by atoms with Gasteiger partial charge in [-0.1, -0.05) is 6.07 Å². The molecule has 6 heteroatoms. The standard InChI is InChI=1S/C18H22N2O4/c1-12(2)20-16(6-7-19-20)15-11-23-9-13(15)10-24-18-5-3-4-17(22)14(18)8-21/h3-8,12-13,15,22H,9-11H2,1-2H3/t13-,15-/m0/s1. The first-order valence-electron chi connectivity index (χ1n) is 8.13. The largest absolute Gasteiger partial charge is 0.507 e. The molecular formula is C18H22N2O4. The average molecular weight is 330 g/mol. The topological polar surface area (TPSA) is 73.6 Å². The first kappa shape index (κ1) is 16.5. The summed E-state index contributed by atoms with van der Waals surface area (Å²) < 4.78 is 13.5. The van der Waals surface area contributed by atoms with Crippen LogP contribution in [0.3, 0.4) is 0 Å². The molecular weight excluding hydrogens is 308 g/mol. The van der Waals surface area contributed by atoms with Crippen molar-refractivity contribution >= 4 is 6.29 Å². The fraction of sp³-hybridized carbons (Fsp3) is 0.444. The second-order valence-corrected chi connectivity index (χ2v) is 6.32. The van der Waals surface area contributed by atoms with E-state index in [0.29, 0.717) is 31.9 Å². The minimum Gasteiger partial charge on any atom is -0.507 e. The van der Waals surface area contributed by atoms with Gasteiger partial charge in [-0.15, -0.1) is 0 Å². The number of hydrogen-bond acceptors (Lipinski definition) is 5. The maximum atomic E-state index is 11.1. The van der Waals surface area contributed by atoms with E-state index in [-0.39, 0.29) is 29.2 Å². The molecule has 1 aliphatic rings. The number of benzene rings is 1. The van der Waals surface area contributed by atoms with Gasteiger partial charge >= 0.3 is 0 Å². The molecule has 0 bridgehead atoms. The van der Waals surface area contributed by atoms with Gasteiger partial charge in [0.15, 0.2) is 6.29 Å². The van der Waals surface area contributed by atoms with Crippen LogP contribution in [0.15, 0.2) is 30.5 Å². The molecule has 6 nitrogen and oxygen atoms in total. The number of aromatic hydroxyl groups is 1. The van der Waals surface area contributed by atoms with Crippen LogP contribution in [0.25, 0.3) is 0 Å². The summed E-state index contributed by atoms with van der Waals surface area (Å²) in [5.41, 5.74) is 1.32. The third kappa shape index (κ3) is 3.14. The molecule has 0 saturated carbocycles. The van der Waals surface area contributed by atoms with E-state index in [1.807, 2.05) is 16.9 Å². The van der Waals surface area contributed by atoms with E-state index in [9.17, 15) is 9.90 Å². The van der Waals surface area contributed by atoms with Crippen molar-refractivity contribution in [2.75, 3.05) is 19.8 Å². The molecule has 1 N–H and O–H groups in total. The summed E-state index contributed by atoms with van der Waals surface area (Å²) >= 11 is 0. The number of phenols is 1. The Labute approximate surface area is 141 Å². The molecule has 0 amide bonds. The molecule has 0 spiro atoms. The van der Waals surface area contributed by atoms with E-state index in [2.05, 4.69) is 18.9 Å². The monoisotopic (exact) mass is 330 g/mol. The predicted molar refractivity (Wildman–Crippen MR) is 88.7 cm³/mol. The number of phenolic OH excluding ortho intramolecular Hbond substituents is 1. The summed E-state index contributed by atoms with van der Waals surface area (Å²) in [7, 11) is 0. The SMILES string of the molecule is CC(C)n1nccc1[C@H]1COC[C@H]1COc1cccc(O)c1C=O. The highest BCUT2D eigenvalue weighted by molar-refractivity contribution is 5.83. The Morgan fingerprint density at radius 3 is 3.00 bits per heavy atom. The zero-order valence-electron chi connectivity index (χ0n) is 13.9. The van der Waals surface area contributed by atoms with Crippen molar-refractivity contribution < 1.29 is 19.4 Å². The Morgan fingerprint density at radius 1 is 1.42 bits per heavy atom. The highest BCUT2D eigenvalue weighted by Crippen LogP contribution is 2.33. The van der Waals surface area contributed by atoms with Crippen molar-refractivity contribution in [3.63, 3.8) is 0 Å². The van der Waals surface area contributed by atoms with Crippen molar-refractivity contribution in [2.24, 2.45) is 5.92 Å². The van der Waals surface area contributed by atoms with Crippen LogP contribution in [0.1, 0.15) is 41.9 Å². The van der Waals surface area contributed by atoms with Crippen molar-refractivity contribution in [3.8, 4) is 11.5 Å². The van der Waals surface area contributed by atoms with Crippen LogP contribution >= 0.6 is 0 Å². The normalized spacial score (nSPS) is 20.5. The third-order valence-corrected chi connectivity index (χ3v) is 4.38. The number of carbonyl (C=O) groups is 1. The lowest BCUT2D eigenvalue weighted by atomic mass is 9.93. The molecule has 1 saturated heterocycles. The summed E-state index contributed by atoms with van der Waals surface area (Å²) in [6, 6.07) is 7.13. The molecule has 0 unspecified atom stereocenters. The Morgan fingerprint density at radius 2 is 2.25 bits per heavy atom. The van der Waals surface area contributed by atoms with Crippen molar-refractivity contribution in [1.82, 2.24) is 9.78 Å². The summed E-state index contributed by atoms with van der Waals surface area (Å²) in [5, 5.41) is 14.1. The molecule has 24 heavy (non-hydrogen) atoms. The molecule has 1 aromatic carbocycles. The fourth-order valence-electron chi connectivity index (χ4n) is 3.11. The van der Waals surface area contributed by atoms with E-state index >= 15 is 0 Å². The number of aromatic nitrogens is 2. The molecule has 1 fully saturated rings. The number of nitrogens with zero attached hydrogens (tertiary/aromatic N) is 2. The van der Waals surface area contributed by atoms with Gasteiger partial charge in [-0.2, -0.15) is 5.10 Å². The minimum atomic E-state index is -0.0698. The van der Waals surface area contributed by atoms with Crippen molar-refractivity contribution in [2.45, 2.75) is 25.8 Å². The van der Waals surface area contributed by atoms with E-state index in [0.717, 1.165) is 5.69 Å². The van der Waals surface area contributed by atoms with E-state index < -0.39 is 0 Å². The molecule has 128 valence electrons. The molecule has 1 aliphatic heterocycles. The lowest BCUT2D eigenvalue weighted by Gasteiger charge is -2.21. The lowest BCUT2D eigenvalue weighted by Crippen LogP contribution is -2.22. The number of ether oxygens (including phenoxy) is 2.